The molecule has 36 heavy (non-hydrogen) atoms. The van der Waals surface area contributed by atoms with Crippen molar-refractivity contribution in [1.82, 2.24) is 5.32 Å². The molecular formula is C28H24N4O3S. The molecule has 0 aliphatic heterocycles. The van der Waals surface area contributed by atoms with E-state index in [1.807, 2.05) is 54.6 Å². The highest BCUT2D eigenvalue weighted by atomic mass is 32.1. The summed E-state index contributed by atoms with van der Waals surface area (Å²) in [5, 5.41) is 11.8. The summed E-state index contributed by atoms with van der Waals surface area (Å²) in [6.45, 7) is 0. The lowest BCUT2D eigenvalue weighted by atomic mass is 10.1. The minimum absolute atomic E-state index is 0.0579. The van der Waals surface area contributed by atoms with Crippen molar-refractivity contribution < 1.29 is 14.3 Å². The van der Waals surface area contributed by atoms with E-state index < -0.39 is 5.91 Å². The van der Waals surface area contributed by atoms with Crippen molar-refractivity contribution in [1.29, 1.82) is 0 Å². The van der Waals surface area contributed by atoms with Gasteiger partial charge < -0.3 is 20.7 Å². The van der Waals surface area contributed by atoms with E-state index in [9.17, 15) is 9.59 Å². The third kappa shape index (κ3) is 6.25. The molecule has 4 aromatic rings. The van der Waals surface area contributed by atoms with E-state index in [0.717, 1.165) is 11.4 Å². The molecule has 0 aromatic heterocycles. The fourth-order valence-corrected chi connectivity index (χ4v) is 3.67. The molecule has 0 saturated carbocycles. The van der Waals surface area contributed by atoms with Crippen LogP contribution in [0, 0.1) is 0 Å². The van der Waals surface area contributed by atoms with E-state index in [1.165, 1.54) is 7.11 Å². The van der Waals surface area contributed by atoms with Gasteiger partial charge in [-0.1, -0.05) is 42.5 Å². The Morgan fingerprint density at radius 3 is 1.94 bits per heavy atom. The summed E-state index contributed by atoms with van der Waals surface area (Å²) >= 11 is 5.31. The van der Waals surface area contributed by atoms with E-state index in [0.29, 0.717) is 28.3 Å². The molecule has 8 heteroatoms. The highest BCUT2D eigenvalue weighted by molar-refractivity contribution is 7.80. The molecule has 0 radical (unpaired) electrons. The van der Waals surface area contributed by atoms with Gasteiger partial charge in [0.2, 0.25) is 0 Å². The van der Waals surface area contributed by atoms with Crippen molar-refractivity contribution in [3.63, 3.8) is 0 Å². The molecule has 4 rings (SSSR count). The Bertz CT molecular complexity index is 1380. The van der Waals surface area contributed by atoms with E-state index in [2.05, 4.69) is 21.3 Å². The normalized spacial score (nSPS) is 10.1. The number of nitrogens with one attached hydrogen (secondary N) is 4. The number of hydrogen-bond acceptors (Lipinski definition) is 5. The van der Waals surface area contributed by atoms with Crippen LogP contribution in [0.3, 0.4) is 0 Å². The number of para-hydroxylation sites is 3. The zero-order valence-electron chi connectivity index (χ0n) is 19.4. The van der Waals surface area contributed by atoms with Crippen LogP contribution in [0.1, 0.15) is 20.7 Å². The summed E-state index contributed by atoms with van der Waals surface area (Å²) < 4.78 is 5.23. The Kier molecular flexibility index (Phi) is 7.90. The Morgan fingerprint density at radius 2 is 1.22 bits per heavy atom. The molecule has 0 fully saturated rings. The fourth-order valence-electron chi connectivity index (χ4n) is 3.47. The number of methoxy groups -OCH3 is 1. The van der Waals surface area contributed by atoms with Gasteiger partial charge in [-0.15, -0.1) is 0 Å². The second-order valence-electron chi connectivity index (χ2n) is 7.68. The molecular weight excluding hydrogens is 472 g/mol. The minimum Gasteiger partial charge on any atom is -0.496 e. The maximum atomic E-state index is 13.0. The predicted octanol–water partition coefficient (Wildman–Crippen LogP) is 5.82. The molecule has 4 N–H and O–H groups in total. The molecule has 0 heterocycles. The van der Waals surface area contributed by atoms with Crippen molar-refractivity contribution in [3.05, 3.63) is 114 Å². The van der Waals surface area contributed by atoms with E-state index in [4.69, 9.17) is 17.0 Å². The predicted molar refractivity (Wildman–Crippen MR) is 147 cm³/mol. The molecule has 180 valence electrons. The number of carbonyl (C=O) groups is 2. The molecule has 0 atom stereocenters. The van der Waals surface area contributed by atoms with Crippen molar-refractivity contribution in [2.45, 2.75) is 0 Å². The molecule has 7 nitrogen and oxygen atoms in total. The fraction of sp³-hybridized carbons (Fsp3) is 0.0357. The molecule has 2 amide bonds. The highest BCUT2D eigenvalue weighted by Gasteiger charge is 2.16. The third-order valence-corrected chi connectivity index (χ3v) is 5.41. The first kappa shape index (κ1) is 24.4. The monoisotopic (exact) mass is 496 g/mol. The number of hydrogen-bond donors (Lipinski definition) is 4. The Labute approximate surface area is 214 Å². The van der Waals surface area contributed by atoms with Gasteiger partial charge in [-0.05, 0) is 72.9 Å². The van der Waals surface area contributed by atoms with Gasteiger partial charge in [-0.2, -0.15) is 0 Å². The summed E-state index contributed by atoms with van der Waals surface area (Å²) in [6.07, 6.45) is 0. The van der Waals surface area contributed by atoms with Crippen LogP contribution in [0.2, 0.25) is 0 Å². The van der Waals surface area contributed by atoms with Crippen LogP contribution < -0.4 is 26.0 Å². The lowest BCUT2D eigenvalue weighted by Crippen LogP contribution is -2.34. The van der Waals surface area contributed by atoms with Crippen LogP contribution in [-0.2, 0) is 0 Å². The Morgan fingerprint density at radius 1 is 0.639 bits per heavy atom. The smallest absolute Gasteiger partial charge is 0.261 e. The molecule has 0 bridgehead atoms. The topological polar surface area (TPSA) is 91.5 Å². The summed E-state index contributed by atoms with van der Waals surface area (Å²) in [5.74, 6) is -0.306. The Balaban J connectivity index is 1.40. The minimum atomic E-state index is -0.420. The largest absolute Gasteiger partial charge is 0.496 e. The molecule has 0 aliphatic rings. The van der Waals surface area contributed by atoms with Crippen LogP contribution in [0.5, 0.6) is 5.75 Å². The SMILES string of the molecule is COc1ccccc1C(=O)NC(=S)Nc1ccccc1C(=O)Nc1ccc(Nc2ccccc2)cc1. The van der Waals surface area contributed by atoms with Gasteiger partial charge in [0, 0.05) is 17.1 Å². The number of anilines is 4. The number of benzene rings is 4. The quantitative estimate of drug-likeness (QED) is 0.241. The molecule has 0 saturated heterocycles. The first-order valence-corrected chi connectivity index (χ1v) is 11.5. The van der Waals surface area contributed by atoms with Crippen LogP contribution in [0.25, 0.3) is 0 Å². The van der Waals surface area contributed by atoms with E-state index >= 15 is 0 Å². The van der Waals surface area contributed by atoms with Gasteiger partial charge in [0.15, 0.2) is 5.11 Å². The van der Waals surface area contributed by atoms with Crippen molar-refractivity contribution in [3.8, 4) is 5.75 Å². The van der Waals surface area contributed by atoms with E-state index in [-0.39, 0.29) is 11.0 Å². The second-order valence-corrected chi connectivity index (χ2v) is 8.08. The van der Waals surface area contributed by atoms with E-state index in [1.54, 1.807) is 48.5 Å². The van der Waals surface area contributed by atoms with Gasteiger partial charge in [0.05, 0.1) is 23.9 Å². The summed E-state index contributed by atoms with van der Waals surface area (Å²) in [7, 11) is 1.49. The van der Waals surface area contributed by atoms with Gasteiger partial charge >= 0.3 is 0 Å². The van der Waals surface area contributed by atoms with Crippen LogP contribution in [0.15, 0.2) is 103 Å². The van der Waals surface area contributed by atoms with Crippen LogP contribution >= 0.6 is 12.2 Å². The average molecular weight is 497 g/mol. The van der Waals surface area contributed by atoms with Crippen molar-refractivity contribution in [2.24, 2.45) is 0 Å². The summed E-state index contributed by atoms with van der Waals surface area (Å²) in [4.78, 5) is 25.6. The maximum absolute atomic E-state index is 13.0. The zero-order chi connectivity index (χ0) is 25.3. The van der Waals surface area contributed by atoms with Crippen LogP contribution in [-0.4, -0.2) is 24.0 Å². The highest BCUT2D eigenvalue weighted by Crippen LogP contribution is 2.21. The zero-order valence-corrected chi connectivity index (χ0v) is 20.3. The lowest BCUT2D eigenvalue weighted by molar-refractivity contribution is 0.0973. The second kappa shape index (κ2) is 11.6. The number of amides is 2. The molecule has 0 spiro atoms. The molecule has 0 unspecified atom stereocenters. The maximum Gasteiger partial charge on any atom is 0.261 e. The molecule has 0 aliphatic carbocycles. The average Bonchev–Trinajstić information content (AvgIpc) is 2.90. The van der Waals surface area contributed by atoms with Gasteiger partial charge in [-0.3, -0.25) is 14.9 Å². The Hall–Kier alpha value is -4.69. The summed E-state index contributed by atoms with van der Waals surface area (Å²) in [6, 6.07) is 31.0. The van der Waals surface area contributed by atoms with Gasteiger partial charge in [0.1, 0.15) is 5.75 Å². The van der Waals surface area contributed by atoms with Crippen molar-refractivity contribution in [2.75, 3.05) is 23.1 Å². The first-order chi connectivity index (χ1) is 17.5. The third-order valence-electron chi connectivity index (χ3n) is 5.20. The number of thiocarbonyl (C=S) groups is 1. The van der Waals surface area contributed by atoms with Gasteiger partial charge in [-0.25, -0.2) is 0 Å². The summed E-state index contributed by atoms with van der Waals surface area (Å²) in [5.41, 5.74) is 3.70. The number of carbonyl (C=O) groups excluding carboxylic acids is 2. The standard InChI is InChI=1S/C28H24N4O3S/c1-35-25-14-8-6-12-23(25)27(34)32-28(36)31-24-13-7-5-11-22(24)26(33)30-21-17-15-20(16-18-21)29-19-9-3-2-4-10-19/h2-18,29H,1H3,(H,30,33)(H2,31,32,34,36). The number of ether oxygens (including phenoxy) is 1. The lowest BCUT2D eigenvalue weighted by Gasteiger charge is -2.14. The number of rotatable bonds is 7. The van der Waals surface area contributed by atoms with Crippen molar-refractivity contribution >= 4 is 51.9 Å². The first-order valence-electron chi connectivity index (χ1n) is 11.1. The molecule has 4 aromatic carbocycles. The van der Waals surface area contributed by atoms with Crippen LogP contribution in [0.4, 0.5) is 22.7 Å². The van der Waals surface area contributed by atoms with Gasteiger partial charge in [0.25, 0.3) is 11.8 Å².